The molecule has 0 radical (unpaired) electrons. The number of benzene rings is 1. The molecule has 0 aliphatic rings. The lowest BCUT2D eigenvalue weighted by Gasteiger charge is -2.06. The zero-order valence-electron chi connectivity index (χ0n) is 9.54. The van der Waals surface area contributed by atoms with Crippen LogP contribution in [0.25, 0.3) is 5.69 Å². The fourth-order valence-corrected chi connectivity index (χ4v) is 1.62. The Bertz CT molecular complexity index is 589. The lowest BCUT2D eigenvalue weighted by atomic mass is 10.2. The van der Waals surface area contributed by atoms with E-state index in [1.165, 1.54) is 12.1 Å². The number of imidazole rings is 1. The lowest BCUT2D eigenvalue weighted by Crippen LogP contribution is -1.99. The standard InChI is InChI=1S/C11H12N4O2/c1-7-8(2)14(6-13-7)10-3-9(12)4-11(5-10)15(16)17/h3-6H,12H2,1-2H3. The van der Waals surface area contributed by atoms with Crippen LogP contribution in [0, 0.1) is 24.0 Å². The first kappa shape index (κ1) is 11.1. The number of hydrogen-bond acceptors (Lipinski definition) is 4. The number of nitrogens with two attached hydrogens (primary N) is 1. The average Bonchev–Trinajstić information content (AvgIpc) is 2.59. The number of nitro groups is 1. The molecule has 2 rings (SSSR count). The van der Waals surface area contributed by atoms with Crippen molar-refractivity contribution in [2.45, 2.75) is 13.8 Å². The molecule has 0 amide bonds. The summed E-state index contributed by atoms with van der Waals surface area (Å²) in [7, 11) is 0. The van der Waals surface area contributed by atoms with Gasteiger partial charge in [0.05, 0.1) is 22.6 Å². The quantitative estimate of drug-likeness (QED) is 0.487. The molecular weight excluding hydrogens is 220 g/mol. The van der Waals surface area contributed by atoms with E-state index in [2.05, 4.69) is 4.98 Å². The predicted octanol–water partition coefficient (Wildman–Crippen LogP) is 1.98. The van der Waals surface area contributed by atoms with E-state index < -0.39 is 4.92 Å². The second-order valence-electron chi connectivity index (χ2n) is 3.83. The minimum Gasteiger partial charge on any atom is -0.398 e. The Morgan fingerprint density at radius 2 is 2.06 bits per heavy atom. The molecule has 2 aromatic rings. The molecule has 0 spiro atoms. The lowest BCUT2D eigenvalue weighted by molar-refractivity contribution is -0.384. The van der Waals surface area contributed by atoms with E-state index in [1.807, 2.05) is 13.8 Å². The van der Waals surface area contributed by atoms with Crippen molar-refractivity contribution in [1.82, 2.24) is 9.55 Å². The summed E-state index contributed by atoms with van der Waals surface area (Å²) in [5, 5.41) is 10.8. The van der Waals surface area contributed by atoms with E-state index in [9.17, 15) is 10.1 Å². The van der Waals surface area contributed by atoms with Crippen molar-refractivity contribution in [2.75, 3.05) is 5.73 Å². The van der Waals surface area contributed by atoms with Crippen LogP contribution in [0.2, 0.25) is 0 Å². The van der Waals surface area contributed by atoms with E-state index in [0.717, 1.165) is 11.4 Å². The van der Waals surface area contributed by atoms with Gasteiger partial charge in [0.15, 0.2) is 0 Å². The normalized spacial score (nSPS) is 10.5. The van der Waals surface area contributed by atoms with Crippen molar-refractivity contribution in [3.8, 4) is 5.69 Å². The van der Waals surface area contributed by atoms with Crippen LogP contribution < -0.4 is 5.73 Å². The summed E-state index contributed by atoms with van der Waals surface area (Å²) in [6.45, 7) is 3.78. The molecule has 0 aliphatic heterocycles. The third-order valence-electron chi connectivity index (χ3n) is 2.67. The summed E-state index contributed by atoms with van der Waals surface area (Å²) >= 11 is 0. The van der Waals surface area contributed by atoms with Crippen LogP contribution in [-0.2, 0) is 0 Å². The van der Waals surface area contributed by atoms with Crippen LogP contribution in [-0.4, -0.2) is 14.5 Å². The maximum atomic E-state index is 10.8. The van der Waals surface area contributed by atoms with Crippen molar-refractivity contribution in [3.05, 3.63) is 46.0 Å². The Kier molecular flexibility index (Phi) is 2.55. The molecule has 88 valence electrons. The van der Waals surface area contributed by atoms with Crippen LogP contribution in [0.4, 0.5) is 11.4 Å². The first-order valence-corrected chi connectivity index (χ1v) is 5.05. The number of anilines is 1. The van der Waals surface area contributed by atoms with Gasteiger partial charge in [0.25, 0.3) is 5.69 Å². The number of nitrogen functional groups attached to an aromatic ring is 1. The number of nitrogens with zero attached hydrogens (tertiary/aromatic N) is 3. The van der Waals surface area contributed by atoms with Crippen molar-refractivity contribution < 1.29 is 4.92 Å². The van der Waals surface area contributed by atoms with Gasteiger partial charge in [-0.25, -0.2) is 4.98 Å². The van der Waals surface area contributed by atoms with Crippen molar-refractivity contribution in [1.29, 1.82) is 0 Å². The van der Waals surface area contributed by atoms with E-state index in [4.69, 9.17) is 5.73 Å². The number of non-ortho nitro benzene ring substituents is 1. The Labute approximate surface area is 97.9 Å². The molecule has 1 aromatic carbocycles. The summed E-state index contributed by atoms with van der Waals surface area (Å²) in [4.78, 5) is 14.4. The van der Waals surface area contributed by atoms with Crippen molar-refractivity contribution in [3.63, 3.8) is 0 Å². The minimum absolute atomic E-state index is 0.0225. The molecule has 1 heterocycles. The monoisotopic (exact) mass is 232 g/mol. The zero-order valence-corrected chi connectivity index (χ0v) is 9.54. The van der Waals surface area contributed by atoms with Gasteiger partial charge in [0.2, 0.25) is 0 Å². The third kappa shape index (κ3) is 1.96. The molecule has 1 aromatic heterocycles. The molecular formula is C11H12N4O2. The zero-order chi connectivity index (χ0) is 12.6. The summed E-state index contributed by atoms with van der Waals surface area (Å²) in [5.41, 5.74) is 8.46. The molecule has 17 heavy (non-hydrogen) atoms. The molecule has 0 bridgehead atoms. The maximum absolute atomic E-state index is 10.8. The topological polar surface area (TPSA) is 87.0 Å². The van der Waals surface area contributed by atoms with E-state index >= 15 is 0 Å². The van der Waals surface area contributed by atoms with Gasteiger partial charge in [-0.15, -0.1) is 0 Å². The summed E-state index contributed by atoms with van der Waals surface area (Å²) in [6.07, 6.45) is 1.63. The van der Waals surface area contributed by atoms with Crippen LogP contribution in [0.15, 0.2) is 24.5 Å². The smallest absolute Gasteiger partial charge is 0.273 e. The first-order chi connectivity index (χ1) is 7.99. The predicted molar refractivity (Wildman–Crippen MR) is 64.1 cm³/mol. The summed E-state index contributed by atoms with van der Waals surface area (Å²) < 4.78 is 1.78. The van der Waals surface area contributed by atoms with E-state index in [0.29, 0.717) is 11.4 Å². The summed E-state index contributed by atoms with van der Waals surface area (Å²) in [5.74, 6) is 0. The van der Waals surface area contributed by atoms with Gasteiger partial charge >= 0.3 is 0 Å². The van der Waals surface area contributed by atoms with Gasteiger partial charge < -0.3 is 10.3 Å². The number of aromatic nitrogens is 2. The largest absolute Gasteiger partial charge is 0.398 e. The summed E-state index contributed by atoms with van der Waals surface area (Å²) in [6, 6.07) is 4.49. The molecule has 0 saturated carbocycles. The Balaban J connectivity index is 2.60. The fraction of sp³-hybridized carbons (Fsp3) is 0.182. The maximum Gasteiger partial charge on any atom is 0.273 e. The Morgan fingerprint density at radius 3 is 2.59 bits per heavy atom. The minimum atomic E-state index is -0.459. The number of nitro benzene ring substituents is 1. The highest BCUT2D eigenvalue weighted by Crippen LogP contribution is 2.23. The van der Waals surface area contributed by atoms with Gasteiger partial charge in [-0.1, -0.05) is 0 Å². The SMILES string of the molecule is Cc1ncn(-c2cc(N)cc([N+](=O)[O-])c2)c1C. The van der Waals surface area contributed by atoms with Gasteiger partial charge in [-0.2, -0.15) is 0 Å². The number of rotatable bonds is 2. The molecule has 0 fully saturated rings. The van der Waals surface area contributed by atoms with Gasteiger partial charge in [-0.3, -0.25) is 10.1 Å². The van der Waals surface area contributed by atoms with E-state index in [-0.39, 0.29) is 5.69 Å². The highest BCUT2D eigenvalue weighted by Gasteiger charge is 2.11. The van der Waals surface area contributed by atoms with Gasteiger partial charge in [-0.05, 0) is 19.9 Å². The highest BCUT2D eigenvalue weighted by molar-refractivity contribution is 5.56. The Hall–Kier alpha value is -2.37. The first-order valence-electron chi connectivity index (χ1n) is 5.05. The van der Waals surface area contributed by atoms with Crippen LogP contribution >= 0.6 is 0 Å². The average molecular weight is 232 g/mol. The van der Waals surface area contributed by atoms with Crippen molar-refractivity contribution in [2.24, 2.45) is 0 Å². The second kappa shape index (κ2) is 3.89. The molecule has 0 atom stereocenters. The second-order valence-corrected chi connectivity index (χ2v) is 3.83. The van der Waals surface area contributed by atoms with Gasteiger partial charge in [0.1, 0.15) is 0 Å². The van der Waals surface area contributed by atoms with E-state index in [1.54, 1.807) is 17.0 Å². The highest BCUT2D eigenvalue weighted by atomic mass is 16.6. The Morgan fingerprint density at radius 1 is 1.35 bits per heavy atom. The fourth-order valence-electron chi connectivity index (χ4n) is 1.62. The molecule has 6 heteroatoms. The third-order valence-corrected chi connectivity index (χ3v) is 2.67. The van der Waals surface area contributed by atoms with Gasteiger partial charge in [0, 0.05) is 23.5 Å². The van der Waals surface area contributed by atoms with Crippen LogP contribution in [0.1, 0.15) is 11.4 Å². The molecule has 0 saturated heterocycles. The number of hydrogen-bond donors (Lipinski definition) is 1. The molecule has 0 unspecified atom stereocenters. The molecule has 2 N–H and O–H groups in total. The van der Waals surface area contributed by atoms with Crippen molar-refractivity contribution >= 4 is 11.4 Å². The van der Waals surface area contributed by atoms with Crippen LogP contribution in [0.3, 0.4) is 0 Å². The molecule has 6 nitrogen and oxygen atoms in total. The van der Waals surface area contributed by atoms with Crippen LogP contribution in [0.5, 0.6) is 0 Å². The number of aryl methyl sites for hydroxylation is 1. The molecule has 0 aliphatic carbocycles.